The SMILES string of the molecule is CCCCCC[Si](C)(C)O[Si]12O[Si]3(O[Si](C)(C)CCCCCC)O[Si]4(O[Si](C)(C)CCCCCC)O[Si]5(O[Si](C)(C)CCCCCC)O[Si](O[Si](C)(C)CCCCCC)(O[Si](O[Si](C)(C)CCCCCC)(O1)O[Si](O[Si](C)(C)CCCCC1CO1)(O3)O5)O[Si](O[Si](C)(C)CCCCC1CO1)(O2)O4. The maximum absolute atomic E-state index is 8.34. The minimum atomic E-state index is -5.34. The fraction of sp³-hybridized carbons (Fsp3) is 1.00. The van der Waals surface area contributed by atoms with Gasteiger partial charge in [-0.2, -0.15) is 0 Å². The maximum Gasteiger partial charge on any atom is 0.651 e. The van der Waals surface area contributed by atoms with Crippen LogP contribution in [-0.2, 0) is 91.8 Å². The van der Waals surface area contributed by atoms with E-state index in [0.717, 1.165) is 242 Å². The van der Waals surface area contributed by atoms with Gasteiger partial charge in [0.2, 0.25) is 0 Å². The van der Waals surface area contributed by atoms with E-state index < -0.39 is 139 Å². The first kappa shape index (κ1) is 91.8. The molecule has 0 radical (unpaired) electrons. The zero-order valence-corrected chi connectivity index (χ0v) is 84.4. The molecule has 8 aliphatic rings. The van der Waals surface area contributed by atoms with Crippen molar-refractivity contribution in [3.05, 3.63) is 0 Å². The van der Waals surface area contributed by atoms with Crippen LogP contribution < -0.4 is 0 Å². The third-order valence-electron chi connectivity index (χ3n) is 19.9. The molecule has 0 aliphatic carbocycles. The van der Waals surface area contributed by atoms with Crippen LogP contribution in [0.2, 0.25) is 153 Å². The summed E-state index contributed by atoms with van der Waals surface area (Å²) in [4.78, 5) is 0. The first-order valence-electron chi connectivity index (χ1n) is 40.9. The molecule has 8 heterocycles. The van der Waals surface area contributed by atoms with Crippen LogP contribution in [0.25, 0.3) is 0 Å². The summed E-state index contributed by atoms with van der Waals surface area (Å²) in [6.45, 7) is 50.2. The summed E-state index contributed by atoms with van der Waals surface area (Å²) in [5, 5.41) is 0. The zero-order chi connectivity index (χ0) is 75.0. The molecule has 2 atom stereocenters. The number of epoxide rings is 2. The highest BCUT2D eigenvalue weighted by atomic mass is 28.7. The van der Waals surface area contributed by atoms with Crippen LogP contribution in [0.5, 0.6) is 0 Å². The smallest absolute Gasteiger partial charge is 0.395 e. The average molecular weight is 1720 g/mol. The summed E-state index contributed by atoms with van der Waals surface area (Å²) in [6.07, 6.45) is 30.4. The van der Waals surface area contributed by atoms with E-state index in [2.05, 4.69) is 146 Å². The summed E-state index contributed by atoms with van der Waals surface area (Å²) < 4.78 is 176. The van der Waals surface area contributed by atoms with Gasteiger partial charge in [0.15, 0.2) is 66.5 Å². The van der Waals surface area contributed by atoms with Crippen molar-refractivity contribution in [2.24, 2.45) is 0 Å². The molecule has 2 unspecified atom stereocenters. The molecule has 0 amide bonds. The molecule has 0 saturated carbocycles. The molecule has 0 aromatic carbocycles. The topological polar surface area (TPSA) is 210 Å². The van der Waals surface area contributed by atoms with Crippen molar-refractivity contribution in [1.29, 1.82) is 0 Å². The lowest BCUT2D eigenvalue weighted by Crippen LogP contribution is -2.93. The summed E-state index contributed by atoms with van der Waals surface area (Å²) in [6, 6.07) is 5.69. The summed E-state index contributed by atoms with van der Waals surface area (Å²) in [5.41, 5.74) is 0. The standard InChI is InChI=1S/C64H148O22Si16/c1-23-29-35-43-53-87(7,8)67-95-75-96(68-88(9,10)54-44-36-30-24-2)77-98(70-90(13,14)56-46-38-32-26-4)79-100(72-92(17,18)58-48-40-34-28-6)80-99(71-91(15,16)57-47-39-33-27-5,85-101(81-95,84-98)73-93(19,20)59-49-41-51-63-61-65-63)78-97(76-95,69-89(11,12)55-45-37-31-25-3)83-102(82-96,86-100)74-94(21,22)60-50-42-52-64-62-66-64/h63-64H,23-62H2,1-22H3. The van der Waals surface area contributed by atoms with Crippen molar-refractivity contribution in [2.45, 2.75) is 399 Å². The van der Waals surface area contributed by atoms with Crippen molar-refractivity contribution in [2.75, 3.05) is 13.2 Å². The molecule has 0 aromatic heterocycles. The summed E-state index contributed by atoms with van der Waals surface area (Å²) in [7, 11) is -67.8. The van der Waals surface area contributed by atoms with Crippen LogP contribution >= 0.6 is 0 Å². The van der Waals surface area contributed by atoms with Gasteiger partial charge in [0.1, 0.15) is 0 Å². The van der Waals surface area contributed by atoms with E-state index in [4.69, 9.17) is 91.8 Å². The van der Waals surface area contributed by atoms with E-state index in [0.29, 0.717) is 12.1 Å². The van der Waals surface area contributed by atoms with Crippen LogP contribution in [0.4, 0.5) is 0 Å². The highest BCUT2D eigenvalue weighted by Crippen LogP contribution is 2.55. The highest BCUT2D eigenvalue weighted by molar-refractivity contribution is 7.04. The van der Waals surface area contributed by atoms with Crippen LogP contribution in [0.15, 0.2) is 0 Å². The number of unbranched alkanes of at least 4 members (excludes halogenated alkanes) is 20. The molecular weight excluding hydrogens is 1570 g/mol. The van der Waals surface area contributed by atoms with E-state index in [-0.39, 0.29) is 12.2 Å². The van der Waals surface area contributed by atoms with Crippen molar-refractivity contribution in [3.8, 4) is 0 Å². The largest absolute Gasteiger partial charge is 0.651 e. The van der Waals surface area contributed by atoms with E-state index in [1.165, 1.54) is 0 Å². The van der Waals surface area contributed by atoms with Gasteiger partial charge in [0.05, 0.1) is 25.4 Å². The second kappa shape index (κ2) is 39.3. The van der Waals surface area contributed by atoms with E-state index >= 15 is 0 Å². The molecule has 0 aromatic rings. The first-order valence-corrected chi connectivity index (χ1v) is 78.9. The fourth-order valence-electron chi connectivity index (χ4n) is 14.1. The van der Waals surface area contributed by atoms with E-state index in [9.17, 15) is 0 Å². The Hall–Kier alpha value is 2.59. The number of rotatable bonds is 56. The third kappa shape index (κ3) is 30.4. The molecule has 600 valence electrons. The van der Waals surface area contributed by atoms with Crippen molar-refractivity contribution in [1.82, 2.24) is 0 Å². The minimum Gasteiger partial charge on any atom is -0.395 e. The van der Waals surface area contributed by atoms with Gasteiger partial charge < -0.3 is 91.8 Å². The molecule has 102 heavy (non-hydrogen) atoms. The lowest BCUT2D eigenvalue weighted by atomic mass is 10.2. The lowest BCUT2D eigenvalue weighted by molar-refractivity contribution is -0.129. The Labute approximate surface area is 638 Å². The predicted octanol–water partition coefficient (Wildman–Crippen LogP) is 20.1. The third-order valence-corrected chi connectivity index (χ3v) is 82.1. The lowest BCUT2D eigenvalue weighted by Gasteiger charge is -2.61. The normalized spacial score (nSPS) is 30.8. The monoisotopic (exact) mass is 1720 g/mol. The number of hydrogen-bond acceptors (Lipinski definition) is 22. The highest BCUT2D eigenvalue weighted by Gasteiger charge is 2.92. The van der Waals surface area contributed by atoms with Crippen molar-refractivity contribution < 1.29 is 91.8 Å². The minimum absolute atomic E-state index is 0.278. The van der Waals surface area contributed by atoms with Gasteiger partial charge in [-0.05, 0) is 166 Å². The molecule has 22 nitrogen and oxygen atoms in total. The summed E-state index contributed by atoms with van der Waals surface area (Å²) >= 11 is 0. The van der Waals surface area contributed by atoms with Gasteiger partial charge in [-0.15, -0.1) is 0 Å². The fourth-order valence-corrected chi connectivity index (χ4v) is 88.6. The first-order chi connectivity index (χ1) is 47.7. The molecule has 0 spiro atoms. The zero-order valence-electron chi connectivity index (χ0n) is 68.4. The van der Waals surface area contributed by atoms with Crippen LogP contribution in [-0.4, -0.2) is 164 Å². The molecule has 8 aliphatic heterocycles. The Kier molecular flexibility index (Phi) is 35.3. The predicted molar refractivity (Wildman–Crippen MR) is 438 cm³/mol. The van der Waals surface area contributed by atoms with Gasteiger partial charge in [-0.3, -0.25) is 0 Å². The molecule has 8 rings (SSSR count). The Morgan fingerprint density at radius 3 is 0.451 bits per heavy atom. The summed E-state index contributed by atoms with van der Waals surface area (Å²) in [5.74, 6) is 0. The Morgan fingerprint density at radius 2 is 0.333 bits per heavy atom. The Morgan fingerprint density at radius 1 is 0.206 bits per heavy atom. The molecule has 8 saturated heterocycles. The van der Waals surface area contributed by atoms with E-state index in [1.54, 1.807) is 0 Å². The van der Waals surface area contributed by atoms with Crippen LogP contribution in [0, 0.1) is 0 Å². The number of ether oxygens (including phenoxy) is 2. The molecule has 8 fully saturated rings. The quantitative estimate of drug-likeness (QED) is 0.0315. The van der Waals surface area contributed by atoms with Gasteiger partial charge in [-0.25, -0.2) is 0 Å². The number of hydrogen-bond donors (Lipinski definition) is 0. The van der Waals surface area contributed by atoms with Crippen LogP contribution in [0.1, 0.15) is 234 Å². The molecule has 0 N–H and O–H groups in total. The van der Waals surface area contributed by atoms with Crippen molar-refractivity contribution >= 4 is 139 Å². The molecule has 8 bridgehead atoms. The van der Waals surface area contributed by atoms with Crippen molar-refractivity contribution in [3.63, 3.8) is 0 Å². The average Bonchev–Trinajstić information content (AvgIpc) is 1.10. The molecular formula is C64H148O22Si16. The van der Waals surface area contributed by atoms with Gasteiger partial charge in [0.25, 0.3) is 0 Å². The van der Waals surface area contributed by atoms with Gasteiger partial charge in [0, 0.05) is 0 Å². The Bertz CT molecular complexity index is 2110. The molecule has 38 heteroatoms. The van der Waals surface area contributed by atoms with Gasteiger partial charge in [-0.1, -0.05) is 221 Å². The van der Waals surface area contributed by atoms with Crippen LogP contribution in [0.3, 0.4) is 0 Å². The Balaban J connectivity index is 1.68. The van der Waals surface area contributed by atoms with E-state index in [1.807, 2.05) is 0 Å². The van der Waals surface area contributed by atoms with Gasteiger partial charge >= 0.3 is 72.4 Å². The second-order valence-electron chi connectivity index (χ2n) is 35.4. The maximum atomic E-state index is 8.34. The second-order valence-corrected chi connectivity index (χ2v) is 91.9.